The van der Waals surface area contributed by atoms with Gasteiger partial charge in [-0.3, -0.25) is 24.0 Å². The van der Waals surface area contributed by atoms with E-state index in [0.717, 1.165) is 12.8 Å². The van der Waals surface area contributed by atoms with Crippen LogP contribution in [-0.4, -0.2) is 89.2 Å². The second-order valence-electron chi connectivity index (χ2n) is 9.72. The summed E-state index contributed by atoms with van der Waals surface area (Å²) >= 11 is 0. The SMILES string of the molecule is C=CC(=O)N(CCN(C=O)CC(=O)N1CCC(CC(N)=O)C1)C(C)CC(C)C.Cc1ccccc1.O=CO. The lowest BCUT2D eigenvalue weighted by Crippen LogP contribution is -2.45. The average molecular weight is 533 g/mol. The van der Waals surface area contributed by atoms with Crippen LogP contribution in [0.1, 0.15) is 45.6 Å². The van der Waals surface area contributed by atoms with Crippen molar-refractivity contribution in [2.24, 2.45) is 17.6 Å². The highest BCUT2D eigenvalue weighted by molar-refractivity contribution is 5.87. The van der Waals surface area contributed by atoms with E-state index < -0.39 is 0 Å². The maximum atomic E-state index is 12.5. The van der Waals surface area contributed by atoms with E-state index >= 15 is 0 Å². The molecule has 10 heteroatoms. The average Bonchev–Trinajstić information content (AvgIpc) is 3.32. The Kier molecular flexibility index (Phi) is 17.5. The fourth-order valence-corrected chi connectivity index (χ4v) is 4.20. The van der Waals surface area contributed by atoms with Crippen molar-refractivity contribution in [1.29, 1.82) is 0 Å². The minimum atomic E-state index is -0.365. The molecule has 3 N–H and O–H groups in total. The minimum absolute atomic E-state index is 0.0165. The highest BCUT2D eigenvalue weighted by Crippen LogP contribution is 2.19. The Hall–Kier alpha value is -3.69. The largest absolute Gasteiger partial charge is 0.483 e. The number of hydrogen-bond acceptors (Lipinski definition) is 5. The van der Waals surface area contributed by atoms with Crippen molar-refractivity contribution in [3.05, 3.63) is 48.6 Å². The van der Waals surface area contributed by atoms with Gasteiger partial charge in [0.05, 0.1) is 6.54 Å². The summed E-state index contributed by atoms with van der Waals surface area (Å²) in [6, 6.07) is 10.3. The van der Waals surface area contributed by atoms with E-state index in [1.807, 2.05) is 25.1 Å². The van der Waals surface area contributed by atoms with Crippen LogP contribution < -0.4 is 5.73 Å². The maximum absolute atomic E-state index is 12.5. The van der Waals surface area contributed by atoms with Gasteiger partial charge in [-0.25, -0.2) is 0 Å². The van der Waals surface area contributed by atoms with Crippen molar-refractivity contribution in [2.75, 3.05) is 32.7 Å². The Morgan fingerprint density at radius 3 is 2.21 bits per heavy atom. The van der Waals surface area contributed by atoms with Gasteiger partial charge in [0, 0.05) is 38.6 Å². The van der Waals surface area contributed by atoms with E-state index in [2.05, 4.69) is 39.5 Å². The molecule has 0 saturated carbocycles. The number of nitrogens with zero attached hydrogens (tertiary/aromatic N) is 3. The van der Waals surface area contributed by atoms with E-state index in [4.69, 9.17) is 15.6 Å². The van der Waals surface area contributed by atoms with Crippen molar-refractivity contribution in [2.45, 2.75) is 53.0 Å². The Bertz CT molecular complexity index is 877. The Labute approximate surface area is 226 Å². The lowest BCUT2D eigenvalue weighted by Gasteiger charge is -2.31. The van der Waals surface area contributed by atoms with Crippen molar-refractivity contribution in [1.82, 2.24) is 14.7 Å². The highest BCUT2D eigenvalue weighted by atomic mass is 16.3. The molecule has 0 aliphatic carbocycles. The molecular weight excluding hydrogens is 488 g/mol. The number of carboxylic acid groups (broad SMARTS) is 1. The molecule has 4 amide bonds. The molecule has 1 aliphatic rings. The molecule has 38 heavy (non-hydrogen) atoms. The molecule has 10 nitrogen and oxygen atoms in total. The van der Waals surface area contributed by atoms with Gasteiger partial charge in [0.2, 0.25) is 24.1 Å². The molecule has 1 aromatic carbocycles. The van der Waals surface area contributed by atoms with Crippen molar-refractivity contribution < 1.29 is 29.1 Å². The lowest BCUT2D eigenvalue weighted by atomic mass is 10.0. The lowest BCUT2D eigenvalue weighted by molar-refractivity contribution is -0.135. The van der Waals surface area contributed by atoms with Gasteiger partial charge in [-0.05, 0) is 44.6 Å². The standard InChI is InChI=1S/C20H34N4O4.C7H8.CH2O2/c1-5-19(27)24(16(4)10-15(2)3)9-8-22(14-25)13-20(28)23-7-6-17(12-23)11-18(21)26;1-7-5-3-2-4-6-7;2-1-3/h5,14-17H,1,6-13H2,2-4H3,(H2,21,26);2-6H,1H3;1H,(H,2,3). The molecular formula is C28H44N4O6. The van der Waals surface area contributed by atoms with Gasteiger partial charge in [-0.2, -0.15) is 0 Å². The van der Waals surface area contributed by atoms with Crippen LogP contribution in [0.3, 0.4) is 0 Å². The molecule has 0 bridgehead atoms. The maximum Gasteiger partial charge on any atom is 0.290 e. The summed E-state index contributed by atoms with van der Waals surface area (Å²) in [4.78, 5) is 60.2. The summed E-state index contributed by atoms with van der Waals surface area (Å²) in [5.74, 6) is -0.183. The summed E-state index contributed by atoms with van der Waals surface area (Å²) < 4.78 is 0. The Morgan fingerprint density at radius 2 is 1.76 bits per heavy atom. The molecule has 2 unspecified atom stereocenters. The van der Waals surface area contributed by atoms with E-state index in [1.165, 1.54) is 16.5 Å². The van der Waals surface area contributed by atoms with Gasteiger partial charge < -0.3 is 25.5 Å². The topological polar surface area (TPSA) is 141 Å². The molecule has 2 rings (SSSR count). The van der Waals surface area contributed by atoms with Crippen LogP contribution in [0, 0.1) is 18.8 Å². The number of carbonyl (C=O) groups is 5. The predicted molar refractivity (Wildman–Crippen MR) is 147 cm³/mol. The number of nitrogens with two attached hydrogens (primary N) is 1. The fourth-order valence-electron chi connectivity index (χ4n) is 4.20. The number of primary amides is 1. The fraction of sp³-hybridized carbons (Fsp3) is 0.536. The van der Waals surface area contributed by atoms with Crippen LogP contribution >= 0.6 is 0 Å². The summed E-state index contributed by atoms with van der Waals surface area (Å²) in [5.41, 5.74) is 6.54. The number of rotatable bonds is 12. The van der Waals surface area contributed by atoms with Gasteiger partial charge in [-0.1, -0.05) is 56.3 Å². The first-order valence-corrected chi connectivity index (χ1v) is 12.8. The van der Waals surface area contributed by atoms with Crippen LogP contribution in [0.15, 0.2) is 43.0 Å². The van der Waals surface area contributed by atoms with Crippen LogP contribution in [0.4, 0.5) is 0 Å². The molecule has 0 radical (unpaired) electrons. The van der Waals surface area contributed by atoms with E-state index in [-0.39, 0.29) is 55.7 Å². The number of hydrogen-bond donors (Lipinski definition) is 2. The van der Waals surface area contributed by atoms with Crippen LogP contribution in [0.5, 0.6) is 0 Å². The van der Waals surface area contributed by atoms with Gasteiger partial charge >= 0.3 is 0 Å². The number of likely N-dealkylation sites (tertiary alicyclic amines) is 1. The molecule has 1 aliphatic heterocycles. The number of carbonyl (C=O) groups excluding carboxylic acids is 4. The molecule has 1 fully saturated rings. The van der Waals surface area contributed by atoms with Gasteiger partial charge in [0.1, 0.15) is 0 Å². The summed E-state index contributed by atoms with van der Waals surface area (Å²) in [7, 11) is 0. The second-order valence-corrected chi connectivity index (χ2v) is 9.72. The van der Waals surface area contributed by atoms with Gasteiger partial charge in [0.15, 0.2) is 0 Å². The van der Waals surface area contributed by atoms with E-state index in [9.17, 15) is 19.2 Å². The predicted octanol–water partition coefficient (Wildman–Crippen LogP) is 2.31. The zero-order chi connectivity index (χ0) is 29.1. The second kappa shape index (κ2) is 19.4. The van der Waals surface area contributed by atoms with Crippen molar-refractivity contribution in [3.8, 4) is 0 Å². The quantitative estimate of drug-likeness (QED) is 0.313. The zero-order valence-corrected chi connectivity index (χ0v) is 23.1. The Morgan fingerprint density at radius 1 is 1.16 bits per heavy atom. The summed E-state index contributed by atoms with van der Waals surface area (Å²) in [6.07, 6.45) is 3.77. The van der Waals surface area contributed by atoms with Gasteiger partial charge in [-0.15, -0.1) is 0 Å². The third-order valence-corrected chi connectivity index (χ3v) is 5.99. The molecule has 2 atom stereocenters. The molecule has 0 aromatic heterocycles. The molecule has 1 aromatic rings. The first kappa shape index (κ1) is 34.3. The minimum Gasteiger partial charge on any atom is -0.483 e. The number of amides is 4. The van der Waals surface area contributed by atoms with Crippen LogP contribution in [0.2, 0.25) is 0 Å². The third-order valence-electron chi connectivity index (χ3n) is 5.99. The number of benzene rings is 1. The van der Waals surface area contributed by atoms with E-state index in [1.54, 1.807) is 9.80 Å². The zero-order valence-electron chi connectivity index (χ0n) is 23.1. The first-order chi connectivity index (χ1) is 18.0. The molecule has 1 heterocycles. The summed E-state index contributed by atoms with van der Waals surface area (Å²) in [5, 5.41) is 6.89. The van der Waals surface area contributed by atoms with Gasteiger partial charge in [0.25, 0.3) is 6.47 Å². The van der Waals surface area contributed by atoms with Crippen molar-refractivity contribution in [3.63, 3.8) is 0 Å². The molecule has 1 saturated heterocycles. The Balaban J connectivity index is 0.00000114. The van der Waals surface area contributed by atoms with Crippen molar-refractivity contribution >= 4 is 30.6 Å². The highest BCUT2D eigenvalue weighted by Gasteiger charge is 2.28. The first-order valence-electron chi connectivity index (χ1n) is 12.8. The normalized spacial score (nSPS) is 14.7. The van der Waals surface area contributed by atoms with Crippen LogP contribution in [0.25, 0.3) is 0 Å². The molecule has 212 valence electrons. The summed E-state index contributed by atoms with van der Waals surface area (Å²) in [6.45, 7) is 13.2. The molecule has 0 spiro atoms. The van der Waals surface area contributed by atoms with Crippen LogP contribution in [-0.2, 0) is 24.0 Å². The smallest absolute Gasteiger partial charge is 0.290 e. The third kappa shape index (κ3) is 14.8. The monoisotopic (exact) mass is 532 g/mol. The van der Waals surface area contributed by atoms with E-state index in [0.29, 0.717) is 32.0 Å². The number of aryl methyl sites for hydroxylation is 1.